The van der Waals surface area contributed by atoms with Crippen LogP contribution in [0, 0.1) is 5.92 Å². The van der Waals surface area contributed by atoms with Crippen LogP contribution in [0.5, 0.6) is 0 Å². The van der Waals surface area contributed by atoms with Gasteiger partial charge in [0.15, 0.2) is 0 Å². The predicted octanol–water partition coefficient (Wildman–Crippen LogP) is 5.07. The van der Waals surface area contributed by atoms with Gasteiger partial charge in [-0.25, -0.2) is 0 Å². The number of hydrogen-bond acceptors (Lipinski definition) is 3. The van der Waals surface area contributed by atoms with E-state index in [0.29, 0.717) is 6.42 Å². The summed E-state index contributed by atoms with van der Waals surface area (Å²) in [6, 6.07) is 31.0. The van der Waals surface area contributed by atoms with Crippen LogP contribution in [0.25, 0.3) is 0 Å². The van der Waals surface area contributed by atoms with Crippen LogP contribution in [0.4, 0.5) is 0 Å². The zero-order valence-corrected chi connectivity index (χ0v) is 18.6. The lowest BCUT2D eigenvalue weighted by Crippen LogP contribution is -2.46. The molecule has 164 valence electrons. The summed E-state index contributed by atoms with van der Waals surface area (Å²) < 4.78 is 0. The summed E-state index contributed by atoms with van der Waals surface area (Å²) in [6.45, 7) is 5.47. The van der Waals surface area contributed by atoms with Gasteiger partial charge in [-0.15, -0.1) is 0 Å². The van der Waals surface area contributed by atoms with Crippen LogP contribution in [0.1, 0.15) is 37.0 Å². The van der Waals surface area contributed by atoms with Gasteiger partial charge in [0.05, 0.1) is 12.2 Å². The monoisotopic (exact) mass is 417 g/mol. The summed E-state index contributed by atoms with van der Waals surface area (Å²) in [4.78, 5) is 2.36. The highest BCUT2D eigenvalue weighted by molar-refractivity contribution is 5.20. The molecular formula is C28H35NO2. The first-order chi connectivity index (χ1) is 15.0. The third kappa shape index (κ3) is 7.32. The van der Waals surface area contributed by atoms with Crippen molar-refractivity contribution in [2.75, 3.05) is 0 Å². The fraction of sp³-hybridized carbons (Fsp3) is 0.357. The summed E-state index contributed by atoms with van der Waals surface area (Å²) in [5, 5.41) is 21.8. The highest BCUT2D eigenvalue weighted by Crippen LogP contribution is 2.23. The van der Waals surface area contributed by atoms with E-state index in [0.717, 1.165) is 19.5 Å². The first kappa shape index (κ1) is 23.2. The number of aliphatic hydroxyl groups excluding tert-OH is 2. The lowest BCUT2D eigenvalue weighted by molar-refractivity contribution is -0.00589. The SMILES string of the molecule is CC(C)C(O)C[C@H](O)[C@H](Cc1ccccc1)N(Cc1ccccc1)Cc1ccccc1. The van der Waals surface area contributed by atoms with Crippen molar-refractivity contribution in [3.63, 3.8) is 0 Å². The number of nitrogens with zero attached hydrogens (tertiary/aromatic N) is 1. The molecule has 0 spiro atoms. The fourth-order valence-corrected chi connectivity index (χ4v) is 3.97. The number of benzene rings is 3. The predicted molar refractivity (Wildman–Crippen MR) is 128 cm³/mol. The molecule has 3 heteroatoms. The molecule has 0 aromatic heterocycles. The Balaban J connectivity index is 1.91. The number of aliphatic hydroxyl groups is 2. The zero-order chi connectivity index (χ0) is 22.1. The van der Waals surface area contributed by atoms with Crippen LogP contribution >= 0.6 is 0 Å². The maximum Gasteiger partial charge on any atom is 0.0723 e. The Bertz CT molecular complexity index is 826. The molecule has 3 aromatic rings. The van der Waals surface area contributed by atoms with Gasteiger partial charge in [-0.1, -0.05) is 105 Å². The first-order valence-corrected chi connectivity index (χ1v) is 11.2. The van der Waals surface area contributed by atoms with Gasteiger partial charge in [-0.3, -0.25) is 4.90 Å². The maximum atomic E-state index is 11.3. The van der Waals surface area contributed by atoms with Crippen LogP contribution in [0.2, 0.25) is 0 Å². The standard InChI is InChI=1S/C28H35NO2/c1-22(2)27(30)19-28(31)26(18-23-12-6-3-7-13-23)29(20-24-14-8-4-9-15-24)21-25-16-10-5-11-17-25/h3-17,22,26-28,30-31H,18-21H2,1-2H3/t26-,27?,28-/m0/s1. The smallest absolute Gasteiger partial charge is 0.0723 e. The van der Waals surface area contributed by atoms with Crippen molar-refractivity contribution in [2.45, 2.75) is 58.0 Å². The van der Waals surface area contributed by atoms with Crippen molar-refractivity contribution >= 4 is 0 Å². The highest BCUT2D eigenvalue weighted by atomic mass is 16.3. The molecule has 31 heavy (non-hydrogen) atoms. The van der Waals surface area contributed by atoms with E-state index in [1.165, 1.54) is 16.7 Å². The van der Waals surface area contributed by atoms with Gasteiger partial charge in [0.1, 0.15) is 0 Å². The van der Waals surface area contributed by atoms with Crippen LogP contribution in [-0.2, 0) is 19.5 Å². The Morgan fingerprint density at radius 3 is 1.45 bits per heavy atom. The molecule has 0 fully saturated rings. The van der Waals surface area contributed by atoms with Gasteiger partial charge in [0.2, 0.25) is 0 Å². The Hall–Kier alpha value is -2.46. The second kappa shape index (κ2) is 11.8. The normalized spacial score (nSPS) is 14.5. The molecule has 0 radical (unpaired) electrons. The van der Waals surface area contributed by atoms with E-state index in [1.54, 1.807) is 0 Å². The Morgan fingerprint density at radius 1 is 0.613 bits per heavy atom. The number of hydrogen-bond donors (Lipinski definition) is 2. The Kier molecular flexibility index (Phi) is 8.84. The average molecular weight is 418 g/mol. The molecule has 1 unspecified atom stereocenters. The highest BCUT2D eigenvalue weighted by Gasteiger charge is 2.29. The zero-order valence-electron chi connectivity index (χ0n) is 18.6. The van der Waals surface area contributed by atoms with Gasteiger partial charge < -0.3 is 10.2 Å². The molecule has 3 nitrogen and oxygen atoms in total. The fourth-order valence-electron chi connectivity index (χ4n) is 3.97. The molecule has 3 atom stereocenters. The van der Waals surface area contributed by atoms with Crippen molar-refractivity contribution in [2.24, 2.45) is 5.92 Å². The summed E-state index contributed by atoms with van der Waals surface area (Å²) in [5.41, 5.74) is 3.62. The molecule has 0 aliphatic carbocycles. The molecule has 0 aliphatic rings. The number of rotatable bonds is 11. The quantitative estimate of drug-likeness (QED) is 0.458. The van der Waals surface area contributed by atoms with Gasteiger partial charge in [-0.2, -0.15) is 0 Å². The van der Waals surface area contributed by atoms with Crippen molar-refractivity contribution in [1.29, 1.82) is 0 Å². The summed E-state index contributed by atoms with van der Waals surface area (Å²) in [7, 11) is 0. The summed E-state index contributed by atoms with van der Waals surface area (Å²) in [6.07, 6.45) is -0.0598. The van der Waals surface area contributed by atoms with E-state index in [-0.39, 0.29) is 12.0 Å². The Morgan fingerprint density at radius 2 is 1.03 bits per heavy atom. The van der Waals surface area contributed by atoms with Crippen LogP contribution in [-0.4, -0.2) is 33.4 Å². The lowest BCUT2D eigenvalue weighted by Gasteiger charge is -2.36. The topological polar surface area (TPSA) is 43.7 Å². The Labute approximate surface area is 187 Å². The summed E-state index contributed by atoms with van der Waals surface area (Å²) >= 11 is 0. The second-order valence-electron chi connectivity index (χ2n) is 8.75. The minimum atomic E-state index is -0.634. The van der Waals surface area contributed by atoms with E-state index < -0.39 is 12.2 Å². The molecule has 0 heterocycles. The molecule has 0 saturated carbocycles. The minimum absolute atomic E-state index is 0.115. The lowest BCUT2D eigenvalue weighted by atomic mass is 9.92. The molecule has 0 aliphatic heterocycles. The van der Waals surface area contributed by atoms with Crippen LogP contribution < -0.4 is 0 Å². The van der Waals surface area contributed by atoms with Gasteiger partial charge in [-0.05, 0) is 29.0 Å². The van der Waals surface area contributed by atoms with Gasteiger partial charge >= 0.3 is 0 Å². The van der Waals surface area contributed by atoms with Crippen molar-refractivity contribution < 1.29 is 10.2 Å². The molecule has 0 amide bonds. The van der Waals surface area contributed by atoms with Crippen molar-refractivity contribution in [1.82, 2.24) is 4.90 Å². The largest absolute Gasteiger partial charge is 0.393 e. The van der Waals surface area contributed by atoms with Crippen molar-refractivity contribution in [3.05, 3.63) is 108 Å². The van der Waals surface area contributed by atoms with Crippen molar-refractivity contribution in [3.8, 4) is 0 Å². The summed E-state index contributed by atoms with van der Waals surface area (Å²) in [5.74, 6) is 0.115. The van der Waals surface area contributed by atoms with Crippen LogP contribution in [0.3, 0.4) is 0 Å². The third-order valence-electron chi connectivity index (χ3n) is 5.91. The minimum Gasteiger partial charge on any atom is -0.393 e. The average Bonchev–Trinajstić information content (AvgIpc) is 2.79. The first-order valence-electron chi connectivity index (χ1n) is 11.2. The molecular weight excluding hydrogens is 382 g/mol. The maximum absolute atomic E-state index is 11.3. The molecule has 0 saturated heterocycles. The van der Waals surface area contributed by atoms with Gasteiger partial charge in [0.25, 0.3) is 0 Å². The molecule has 0 bridgehead atoms. The molecule has 3 aromatic carbocycles. The van der Waals surface area contributed by atoms with E-state index in [2.05, 4.69) is 65.6 Å². The van der Waals surface area contributed by atoms with E-state index >= 15 is 0 Å². The third-order valence-corrected chi connectivity index (χ3v) is 5.91. The van der Waals surface area contributed by atoms with Gasteiger partial charge in [0, 0.05) is 25.6 Å². The van der Waals surface area contributed by atoms with E-state index in [1.807, 2.05) is 44.2 Å². The second-order valence-corrected chi connectivity index (χ2v) is 8.75. The van der Waals surface area contributed by atoms with E-state index in [9.17, 15) is 10.2 Å². The van der Waals surface area contributed by atoms with Crippen LogP contribution in [0.15, 0.2) is 91.0 Å². The van der Waals surface area contributed by atoms with E-state index in [4.69, 9.17) is 0 Å². The molecule has 2 N–H and O–H groups in total. The molecule has 3 rings (SSSR count).